The number of aryl methyl sites for hydroxylation is 2. The van der Waals surface area contributed by atoms with Gasteiger partial charge in [-0.3, -0.25) is 14.8 Å². The number of hydrogen-bond donors (Lipinski definition) is 1. The number of hydrogen-bond acceptors (Lipinski definition) is 5. The zero-order valence-electron chi connectivity index (χ0n) is 16.8. The number of ether oxygens (including phenoxy) is 1. The Balaban J connectivity index is 1.41. The van der Waals surface area contributed by atoms with E-state index in [4.69, 9.17) is 4.74 Å². The van der Waals surface area contributed by atoms with E-state index in [-0.39, 0.29) is 11.5 Å². The van der Waals surface area contributed by atoms with Gasteiger partial charge in [0, 0.05) is 19.6 Å². The minimum Gasteiger partial charge on any atom is -0.373 e. The third kappa shape index (κ3) is 4.25. The van der Waals surface area contributed by atoms with Gasteiger partial charge in [-0.1, -0.05) is 24.3 Å². The first-order valence-electron chi connectivity index (χ1n) is 10.1. The topological polar surface area (TPSA) is 74.3 Å². The molecule has 1 aromatic heterocycles. The number of carbonyl (C=O) groups excluding carboxylic acids is 1. The summed E-state index contributed by atoms with van der Waals surface area (Å²) in [5, 5.41) is 7.15. The van der Waals surface area contributed by atoms with Crippen LogP contribution in [0.3, 0.4) is 0 Å². The Labute approximate surface area is 166 Å². The molecule has 1 aromatic carbocycles. The van der Waals surface area contributed by atoms with E-state index in [1.54, 1.807) is 0 Å². The fourth-order valence-electron chi connectivity index (χ4n) is 4.21. The summed E-state index contributed by atoms with van der Waals surface area (Å²) < 4.78 is 6.28. The van der Waals surface area contributed by atoms with Crippen molar-refractivity contribution in [2.24, 2.45) is 0 Å². The van der Waals surface area contributed by atoms with E-state index in [9.17, 15) is 4.79 Å². The van der Waals surface area contributed by atoms with Gasteiger partial charge in [-0.05, 0) is 37.8 Å². The molecular weight excluding hydrogens is 354 g/mol. The van der Waals surface area contributed by atoms with Gasteiger partial charge in [0.1, 0.15) is 5.82 Å². The summed E-state index contributed by atoms with van der Waals surface area (Å²) in [6.45, 7) is 8.49. The molecule has 0 atom stereocenters. The number of amides is 1. The highest BCUT2D eigenvalue weighted by molar-refractivity contribution is 5.76. The smallest absolute Gasteiger partial charge is 0.225 e. The van der Waals surface area contributed by atoms with Crippen LogP contribution in [0, 0.1) is 13.8 Å². The number of rotatable bonds is 4. The lowest BCUT2D eigenvalue weighted by Crippen LogP contribution is -2.51. The summed E-state index contributed by atoms with van der Waals surface area (Å²) in [6, 6.07) is 8.30. The summed E-state index contributed by atoms with van der Waals surface area (Å²) in [6.07, 6.45) is 2.32. The number of piperidine rings is 1. The summed E-state index contributed by atoms with van der Waals surface area (Å²) in [5.74, 6) is 1.88. The Morgan fingerprint density at radius 1 is 1.18 bits per heavy atom. The third-order valence-corrected chi connectivity index (χ3v) is 5.95. The second-order valence-electron chi connectivity index (χ2n) is 8.07. The first-order chi connectivity index (χ1) is 13.5. The lowest BCUT2D eigenvalue weighted by atomic mass is 9.90. The minimum absolute atomic E-state index is 0.193. The van der Waals surface area contributed by atoms with Crippen LogP contribution in [0.1, 0.15) is 42.0 Å². The number of nitrogens with one attached hydrogen (secondary N) is 1. The SMILES string of the molecule is Cc1nc(CN2CCC3(CC2)CN(Cc2ccccc2C)C(=O)CCO3)n[nH]1. The van der Waals surface area contributed by atoms with Crippen molar-refractivity contribution < 1.29 is 9.53 Å². The van der Waals surface area contributed by atoms with Gasteiger partial charge in [-0.15, -0.1) is 0 Å². The van der Waals surface area contributed by atoms with Crippen molar-refractivity contribution in [2.45, 2.75) is 51.8 Å². The number of aromatic amines is 1. The van der Waals surface area contributed by atoms with E-state index in [0.29, 0.717) is 26.1 Å². The molecule has 1 spiro atoms. The van der Waals surface area contributed by atoms with Crippen molar-refractivity contribution in [3.63, 3.8) is 0 Å². The normalized spacial score (nSPS) is 20.5. The molecule has 2 fully saturated rings. The predicted molar refractivity (Wildman–Crippen MR) is 106 cm³/mol. The van der Waals surface area contributed by atoms with E-state index < -0.39 is 0 Å². The number of likely N-dealkylation sites (tertiary alicyclic amines) is 1. The Kier molecular flexibility index (Phi) is 5.46. The summed E-state index contributed by atoms with van der Waals surface area (Å²) in [5.41, 5.74) is 2.21. The first-order valence-corrected chi connectivity index (χ1v) is 10.1. The van der Waals surface area contributed by atoms with Gasteiger partial charge in [0.05, 0.1) is 31.7 Å². The zero-order chi connectivity index (χ0) is 19.6. The average Bonchev–Trinajstić information content (AvgIpc) is 3.02. The molecular formula is C21H29N5O2. The van der Waals surface area contributed by atoms with Crippen LogP contribution in [0.4, 0.5) is 0 Å². The maximum absolute atomic E-state index is 12.7. The zero-order valence-corrected chi connectivity index (χ0v) is 16.8. The molecule has 0 unspecified atom stereocenters. The number of aromatic nitrogens is 3. The molecule has 7 nitrogen and oxygen atoms in total. The Hall–Kier alpha value is -2.25. The van der Waals surface area contributed by atoms with E-state index in [1.165, 1.54) is 11.1 Å². The quantitative estimate of drug-likeness (QED) is 0.876. The van der Waals surface area contributed by atoms with Gasteiger partial charge in [0.25, 0.3) is 0 Å². The molecule has 2 aromatic rings. The number of nitrogens with zero attached hydrogens (tertiary/aromatic N) is 4. The molecule has 0 aliphatic carbocycles. The van der Waals surface area contributed by atoms with E-state index in [2.05, 4.69) is 39.1 Å². The highest BCUT2D eigenvalue weighted by atomic mass is 16.5. The maximum Gasteiger partial charge on any atom is 0.225 e. The van der Waals surface area contributed by atoms with Gasteiger partial charge in [-0.25, -0.2) is 4.98 Å². The van der Waals surface area contributed by atoms with Crippen LogP contribution >= 0.6 is 0 Å². The molecule has 150 valence electrons. The monoisotopic (exact) mass is 383 g/mol. The second kappa shape index (κ2) is 8.01. The van der Waals surface area contributed by atoms with E-state index >= 15 is 0 Å². The maximum atomic E-state index is 12.7. The Morgan fingerprint density at radius 3 is 2.68 bits per heavy atom. The van der Waals surface area contributed by atoms with Gasteiger partial charge >= 0.3 is 0 Å². The molecule has 0 bridgehead atoms. The number of benzene rings is 1. The van der Waals surface area contributed by atoms with Crippen LogP contribution in [-0.4, -0.2) is 62.7 Å². The van der Waals surface area contributed by atoms with E-state index in [0.717, 1.165) is 44.1 Å². The van der Waals surface area contributed by atoms with Crippen molar-refractivity contribution in [1.29, 1.82) is 0 Å². The number of H-pyrrole nitrogens is 1. The average molecular weight is 383 g/mol. The molecule has 1 amide bonds. The molecule has 3 heterocycles. The predicted octanol–water partition coefficient (Wildman–Crippen LogP) is 2.21. The molecule has 2 aliphatic heterocycles. The van der Waals surface area contributed by atoms with Crippen LogP contribution in [0.5, 0.6) is 0 Å². The fraction of sp³-hybridized carbons (Fsp3) is 0.571. The molecule has 1 N–H and O–H groups in total. The van der Waals surface area contributed by atoms with Gasteiger partial charge in [0.2, 0.25) is 5.91 Å². The molecule has 7 heteroatoms. The lowest BCUT2D eigenvalue weighted by Gasteiger charge is -2.42. The van der Waals surface area contributed by atoms with Crippen LogP contribution in [0.15, 0.2) is 24.3 Å². The van der Waals surface area contributed by atoms with Gasteiger partial charge in [0.15, 0.2) is 5.82 Å². The van der Waals surface area contributed by atoms with Gasteiger partial charge < -0.3 is 9.64 Å². The van der Waals surface area contributed by atoms with Crippen molar-refractivity contribution in [2.75, 3.05) is 26.2 Å². The largest absolute Gasteiger partial charge is 0.373 e. The highest BCUT2D eigenvalue weighted by Gasteiger charge is 2.40. The minimum atomic E-state index is -0.236. The standard InChI is InChI=1S/C21H29N5O2/c1-16-5-3-4-6-18(16)13-26-15-21(28-12-7-20(26)27)8-10-25(11-9-21)14-19-22-17(2)23-24-19/h3-6H,7-15H2,1-2H3,(H,22,23,24). The highest BCUT2D eigenvalue weighted by Crippen LogP contribution is 2.31. The van der Waals surface area contributed by atoms with Crippen molar-refractivity contribution in [3.8, 4) is 0 Å². The van der Waals surface area contributed by atoms with Crippen LogP contribution in [-0.2, 0) is 22.6 Å². The molecule has 0 saturated carbocycles. The molecule has 0 radical (unpaired) electrons. The lowest BCUT2D eigenvalue weighted by molar-refractivity contribution is -0.132. The van der Waals surface area contributed by atoms with Crippen molar-refractivity contribution >= 4 is 5.91 Å². The summed E-state index contributed by atoms with van der Waals surface area (Å²) >= 11 is 0. The molecule has 2 saturated heterocycles. The fourth-order valence-corrected chi connectivity index (χ4v) is 4.21. The van der Waals surface area contributed by atoms with Crippen LogP contribution < -0.4 is 0 Å². The Morgan fingerprint density at radius 2 is 1.96 bits per heavy atom. The summed E-state index contributed by atoms with van der Waals surface area (Å²) in [7, 11) is 0. The van der Waals surface area contributed by atoms with Gasteiger partial charge in [-0.2, -0.15) is 5.10 Å². The van der Waals surface area contributed by atoms with Crippen molar-refractivity contribution in [1.82, 2.24) is 25.0 Å². The Bertz CT molecular complexity index is 826. The third-order valence-electron chi connectivity index (χ3n) is 5.95. The van der Waals surface area contributed by atoms with Crippen molar-refractivity contribution in [3.05, 3.63) is 47.0 Å². The first kappa shape index (κ1) is 19.1. The second-order valence-corrected chi connectivity index (χ2v) is 8.07. The molecule has 2 aliphatic rings. The van der Waals surface area contributed by atoms with E-state index in [1.807, 2.05) is 24.0 Å². The van der Waals surface area contributed by atoms with Crippen LogP contribution in [0.2, 0.25) is 0 Å². The molecule has 4 rings (SSSR count). The number of carbonyl (C=O) groups is 1. The van der Waals surface area contributed by atoms with Crippen LogP contribution in [0.25, 0.3) is 0 Å². The molecule has 28 heavy (non-hydrogen) atoms. The summed E-state index contributed by atoms with van der Waals surface area (Å²) in [4.78, 5) is 21.5.